The average molecular weight is 321 g/mol. The lowest BCUT2D eigenvalue weighted by Crippen LogP contribution is -2.35. The summed E-state index contributed by atoms with van der Waals surface area (Å²) in [6.07, 6.45) is 1.96. The largest absolute Gasteiger partial charge is 0.454 e. The van der Waals surface area contributed by atoms with Crippen LogP contribution in [0.1, 0.15) is 40.0 Å². The minimum Gasteiger partial charge on any atom is -0.454 e. The smallest absolute Gasteiger partial charge is 0.231 e. The van der Waals surface area contributed by atoms with E-state index in [1.807, 2.05) is 12.1 Å². The minimum atomic E-state index is 0.112. The number of likely N-dealkylation sites (N-methyl/N-ethyl adjacent to an activating group) is 1. The molecule has 2 aliphatic heterocycles. The van der Waals surface area contributed by atoms with Gasteiger partial charge in [0.05, 0.1) is 0 Å². The molecular formula is C20H19NO3. The number of fused-ring (bicyclic) bond motifs is 4. The van der Waals surface area contributed by atoms with Gasteiger partial charge in [0.15, 0.2) is 17.3 Å². The quantitative estimate of drug-likeness (QED) is 0.755. The van der Waals surface area contributed by atoms with E-state index >= 15 is 0 Å². The van der Waals surface area contributed by atoms with E-state index in [0.29, 0.717) is 6.04 Å². The number of hydrogen-bond acceptors (Lipinski definition) is 4. The van der Waals surface area contributed by atoms with Gasteiger partial charge in [0, 0.05) is 23.7 Å². The first-order chi connectivity index (χ1) is 11.6. The van der Waals surface area contributed by atoms with Crippen molar-refractivity contribution in [3.8, 4) is 22.6 Å². The van der Waals surface area contributed by atoms with E-state index in [0.717, 1.165) is 47.6 Å². The van der Waals surface area contributed by atoms with Crippen molar-refractivity contribution in [2.45, 2.75) is 25.8 Å². The Kier molecular flexibility index (Phi) is 2.83. The summed E-state index contributed by atoms with van der Waals surface area (Å²) < 4.78 is 11.4. The zero-order chi connectivity index (χ0) is 16.4. The Labute approximate surface area is 141 Å². The van der Waals surface area contributed by atoms with E-state index in [-0.39, 0.29) is 12.6 Å². The second-order valence-corrected chi connectivity index (χ2v) is 6.94. The van der Waals surface area contributed by atoms with Crippen molar-refractivity contribution in [1.29, 1.82) is 0 Å². The molecule has 24 heavy (non-hydrogen) atoms. The van der Waals surface area contributed by atoms with Crippen molar-refractivity contribution in [3.05, 3.63) is 46.5 Å². The SMILES string of the molecule is CC(=O)c1cc2c3c(c1)-c1c(ccc4c1OCO4)CC3N(C)CC2. The van der Waals surface area contributed by atoms with Crippen LogP contribution >= 0.6 is 0 Å². The van der Waals surface area contributed by atoms with E-state index in [2.05, 4.69) is 24.1 Å². The van der Waals surface area contributed by atoms with Crippen LogP contribution < -0.4 is 9.47 Å². The van der Waals surface area contributed by atoms with Crippen molar-refractivity contribution in [3.63, 3.8) is 0 Å². The van der Waals surface area contributed by atoms with Gasteiger partial charge in [0.25, 0.3) is 0 Å². The van der Waals surface area contributed by atoms with Gasteiger partial charge < -0.3 is 9.47 Å². The lowest BCUT2D eigenvalue weighted by Gasteiger charge is -2.40. The maximum Gasteiger partial charge on any atom is 0.231 e. The number of carbonyl (C=O) groups excluding carboxylic acids is 1. The predicted octanol–water partition coefficient (Wildman–Crippen LogP) is 3.37. The Morgan fingerprint density at radius 3 is 2.92 bits per heavy atom. The molecule has 1 unspecified atom stereocenters. The lowest BCUT2D eigenvalue weighted by molar-refractivity contribution is 0.101. The highest BCUT2D eigenvalue weighted by molar-refractivity contribution is 5.97. The van der Waals surface area contributed by atoms with Gasteiger partial charge in [-0.2, -0.15) is 0 Å². The van der Waals surface area contributed by atoms with Crippen LogP contribution in [0.15, 0.2) is 24.3 Å². The second kappa shape index (κ2) is 4.84. The van der Waals surface area contributed by atoms with E-state index < -0.39 is 0 Å². The molecule has 0 aromatic heterocycles. The van der Waals surface area contributed by atoms with Gasteiger partial charge in [-0.1, -0.05) is 6.07 Å². The number of ketones is 1. The van der Waals surface area contributed by atoms with Gasteiger partial charge in [-0.3, -0.25) is 9.69 Å². The Morgan fingerprint density at radius 2 is 2.08 bits per heavy atom. The zero-order valence-electron chi connectivity index (χ0n) is 13.9. The summed E-state index contributed by atoms with van der Waals surface area (Å²) in [5.41, 5.74) is 7.01. The molecular weight excluding hydrogens is 302 g/mol. The summed E-state index contributed by atoms with van der Waals surface area (Å²) in [4.78, 5) is 14.5. The molecule has 122 valence electrons. The van der Waals surface area contributed by atoms with Crippen molar-refractivity contribution >= 4 is 5.78 Å². The molecule has 4 heteroatoms. The number of benzene rings is 2. The molecule has 0 spiro atoms. The van der Waals surface area contributed by atoms with Crippen LogP contribution in [0.2, 0.25) is 0 Å². The van der Waals surface area contributed by atoms with Crippen LogP contribution in [0.25, 0.3) is 11.1 Å². The van der Waals surface area contributed by atoms with Crippen LogP contribution in [0.4, 0.5) is 0 Å². The molecule has 0 N–H and O–H groups in total. The van der Waals surface area contributed by atoms with Gasteiger partial charge in [0.1, 0.15) is 0 Å². The van der Waals surface area contributed by atoms with Crippen LogP contribution in [-0.2, 0) is 12.8 Å². The molecule has 1 atom stereocenters. The summed E-state index contributed by atoms with van der Waals surface area (Å²) in [6.45, 7) is 2.93. The Hall–Kier alpha value is -2.33. The first kappa shape index (κ1) is 14.1. The summed E-state index contributed by atoms with van der Waals surface area (Å²) in [5.74, 6) is 1.75. The fourth-order valence-electron chi connectivity index (χ4n) is 4.34. The summed E-state index contributed by atoms with van der Waals surface area (Å²) >= 11 is 0. The normalized spacial score (nSPS) is 20.5. The Balaban J connectivity index is 1.85. The molecule has 3 aliphatic rings. The number of nitrogens with zero attached hydrogens (tertiary/aromatic N) is 1. The highest BCUT2D eigenvalue weighted by atomic mass is 16.7. The van der Waals surface area contributed by atoms with Crippen LogP contribution in [0.5, 0.6) is 11.5 Å². The molecule has 2 aromatic rings. The fourth-order valence-corrected chi connectivity index (χ4v) is 4.34. The van der Waals surface area contributed by atoms with Crippen molar-refractivity contribution in [2.24, 2.45) is 0 Å². The van der Waals surface area contributed by atoms with E-state index in [1.165, 1.54) is 16.7 Å². The van der Waals surface area contributed by atoms with Crippen LogP contribution in [-0.4, -0.2) is 31.1 Å². The molecule has 0 radical (unpaired) electrons. The third-order valence-corrected chi connectivity index (χ3v) is 5.58. The number of carbonyl (C=O) groups is 1. The highest BCUT2D eigenvalue weighted by Crippen LogP contribution is 2.52. The van der Waals surface area contributed by atoms with Crippen LogP contribution in [0.3, 0.4) is 0 Å². The maximum absolute atomic E-state index is 12.0. The highest BCUT2D eigenvalue weighted by Gasteiger charge is 2.36. The standard InChI is InChI=1S/C20H19NO3/c1-11(22)14-7-13-5-6-21(2)16-9-12-3-4-17-20(24-10-23-17)19(12)15(8-14)18(13)16/h3-4,7-8,16H,5-6,9-10H2,1-2H3. The van der Waals surface area contributed by atoms with Gasteiger partial charge >= 0.3 is 0 Å². The van der Waals surface area contributed by atoms with Gasteiger partial charge in [-0.05, 0) is 67.3 Å². The molecule has 0 saturated carbocycles. The summed E-state index contributed by atoms with van der Waals surface area (Å²) in [7, 11) is 2.19. The first-order valence-electron chi connectivity index (χ1n) is 8.43. The lowest BCUT2D eigenvalue weighted by atomic mass is 9.76. The fraction of sp³-hybridized carbons (Fsp3) is 0.350. The van der Waals surface area contributed by atoms with Crippen LogP contribution in [0, 0.1) is 0 Å². The molecule has 5 rings (SSSR count). The number of ether oxygens (including phenoxy) is 2. The third-order valence-electron chi connectivity index (χ3n) is 5.58. The van der Waals surface area contributed by atoms with Crippen molar-refractivity contribution in [1.82, 2.24) is 4.90 Å². The second-order valence-electron chi connectivity index (χ2n) is 6.94. The average Bonchev–Trinajstić information content (AvgIpc) is 3.06. The van der Waals surface area contributed by atoms with Crippen molar-refractivity contribution < 1.29 is 14.3 Å². The molecule has 0 fully saturated rings. The van der Waals surface area contributed by atoms with E-state index in [4.69, 9.17) is 9.47 Å². The topological polar surface area (TPSA) is 38.8 Å². The number of Topliss-reactive ketones (excluding diaryl/α,β-unsaturated/α-hetero) is 1. The summed E-state index contributed by atoms with van der Waals surface area (Å²) in [6, 6.07) is 8.66. The third kappa shape index (κ3) is 1.80. The zero-order valence-corrected chi connectivity index (χ0v) is 13.9. The Bertz CT molecular complexity index is 887. The number of rotatable bonds is 1. The van der Waals surface area contributed by atoms with Crippen molar-refractivity contribution in [2.75, 3.05) is 20.4 Å². The van der Waals surface area contributed by atoms with Gasteiger partial charge in [-0.15, -0.1) is 0 Å². The molecule has 2 heterocycles. The molecule has 0 bridgehead atoms. The van der Waals surface area contributed by atoms with E-state index in [9.17, 15) is 4.79 Å². The van der Waals surface area contributed by atoms with Gasteiger partial charge in [0.2, 0.25) is 6.79 Å². The molecule has 1 aliphatic carbocycles. The minimum absolute atomic E-state index is 0.112. The van der Waals surface area contributed by atoms with E-state index in [1.54, 1.807) is 6.92 Å². The molecule has 0 saturated heterocycles. The first-order valence-corrected chi connectivity index (χ1v) is 8.43. The number of hydrogen-bond donors (Lipinski definition) is 0. The summed E-state index contributed by atoms with van der Waals surface area (Å²) in [5, 5.41) is 0. The Morgan fingerprint density at radius 1 is 1.21 bits per heavy atom. The molecule has 0 amide bonds. The predicted molar refractivity (Wildman–Crippen MR) is 90.8 cm³/mol. The maximum atomic E-state index is 12.0. The van der Waals surface area contributed by atoms with Gasteiger partial charge in [-0.25, -0.2) is 0 Å². The molecule has 4 nitrogen and oxygen atoms in total. The monoisotopic (exact) mass is 321 g/mol. The molecule has 2 aromatic carbocycles.